The van der Waals surface area contributed by atoms with Gasteiger partial charge in [0.25, 0.3) is 0 Å². The van der Waals surface area contributed by atoms with Gasteiger partial charge in [-0.1, -0.05) is 12.1 Å². The van der Waals surface area contributed by atoms with Gasteiger partial charge in [-0.15, -0.1) is 0 Å². The van der Waals surface area contributed by atoms with Crippen molar-refractivity contribution in [3.63, 3.8) is 0 Å². The van der Waals surface area contributed by atoms with E-state index >= 15 is 0 Å². The first-order valence-electron chi connectivity index (χ1n) is 5.74. The van der Waals surface area contributed by atoms with Crippen molar-refractivity contribution in [1.82, 2.24) is 5.32 Å². The molecule has 1 aromatic carbocycles. The lowest BCUT2D eigenvalue weighted by Crippen LogP contribution is -2.36. The number of carbonyl (C=O) groups is 1. The van der Waals surface area contributed by atoms with Crippen LogP contribution in [0.25, 0.3) is 0 Å². The van der Waals surface area contributed by atoms with Crippen LogP contribution in [0.5, 0.6) is 0 Å². The Bertz CT molecular complexity index is 433. The number of esters is 1. The highest BCUT2D eigenvalue weighted by molar-refractivity contribution is 5.75. The monoisotopic (exact) mass is 237 g/mol. The van der Waals surface area contributed by atoms with Crippen LogP contribution in [0.1, 0.15) is 30.5 Å². The number of halogens is 1. The number of ether oxygens (including phenoxy) is 1. The van der Waals surface area contributed by atoms with Gasteiger partial charge in [0.15, 0.2) is 0 Å². The first kappa shape index (κ1) is 12.0. The van der Waals surface area contributed by atoms with Crippen molar-refractivity contribution < 1.29 is 13.9 Å². The van der Waals surface area contributed by atoms with Crippen molar-refractivity contribution in [1.29, 1.82) is 0 Å². The van der Waals surface area contributed by atoms with Crippen LogP contribution in [-0.4, -0.2) is 19.1 Å². The average Bonchev–Trinajstić information content (AvgIpc) is 2.73. The van der Waals surface area contributed by atoms with E-state index in [0.717, 1.165) is 17.5 Å². The standard InChI is InChI=1S/C13H16FNO2/c1-8(13(16)17-2)15-12-7-6-9-10(12)4-3-5-11(9)14/h3-5,8,12,15H,6-7H2,1-2H3. The van der Waals surface area contributed by atoms with Crippen molar-refractivity contribution in [2.45, 2.75) is 31.8 Å². The Balaban J connectivity index is 2.12. The highest BCUT2D eigenvalue weighted by Gasteiger charge is 2.27. The number of carbonyl (C=O) groups excluding carboxylic acids is 1. The summed E-state index contributed by atoms with van der Waals surface area (Å²) in [5.74, 6) is -0.452. The molecular formula is C13H16FNO2. The summed E-state index contributed by atoms with van der Waals surface area (Å²) in [4.78, 5) is 11.3. The number of hydrogen-bond donors (Lipinski definition) is 1. The van der Waals surface area contributed by atoms with Crippen molar-refractivity contribution in [2.75, 3.05) is 7.11 Å². The molecule has 0 heterocycles. The summed E-state index contributed by atoms with van der Waals surface area (Å²) in [6, 6.07) is 4.75. The second-order valence-corrected chi connectivity index (χ2v) is 4.31. The molecule has 2 rings (SSSR count). The van der Waals surface area contributed by atoms with E-state index in [0.29, 0.717) is 6.42 Å². The minimum Gasteiger partial charge on any atom is -0.468 e. The number of fused-ring (bicyclic) bond motifs is 1. The molecular weight excluding hydrogens is 221 g/mol. The lowest BCUT2D eigenvalue weighted by molar-refractivity contribution is -0.142. The molecule has 0 radical (unpaired) electrons. The first-order chi connectivity index (χ1) is 8.13. The number of nitrogens with one attached hydrogen (secondary N) is 1. The maximum atomic E-state index is 13.5. The van der Waals surface area contributed by atoms with Crippen LogP contribution in [0.4, 0.5) is 4.39 Å². The van der Waals surface area contributed by atoms with Gasteiger partial charge < -0.3 is 4.74 Å². The average molecular weight is 237 g/mol. The smallest absolute Gasteiger partial charge is 0.322 e. The van der Waals surface area contributed by atoms with Gasteiger partial charge in [0.05, 0.1) is 7.11 Å². The molecule has 0 fully saturated rings. The van der Waals surface area contributed by atoms with Gasteiger partial charge in [0.1, 0.15) is 11.9 Å². The predicted molar refractivity (Wildman–Crippen MR) is 62.1 cm³/mol. The fourth-order valence-corrected chi connectivity index (χ4v) is 2.33. The third-order valence-electron chi connectivity index (χ3n) is 3.22. The Morgan fingerprint density at radius 2 is 2.35 bits per heavy atom. The maximum absolute atomic E-state index is 13.5. The summed E-state index contributed by atoms with van der Waals surface area (Å²) in [5.41, 5.74) is 1.72. The summed E-state index contributed by atoms with van der Waals surface area (Å²) in [7, 11) is 1.36. The molecule has 1 aliphatic carbocycles. The molecule has 0 aromatic heterocycles. The summed E-state index contributed by atoms with van der Waals surface area (Å²) < 4.78 is 18.2. The van der Waals surface area contributed by atoms with Gasteiger partial charge in [-0.05, 0) is 37.0 Å². The number of benzene rings is 1. The van der Waals surface area contributed by atoms with Gasteiger partial charge in [-0.3, -0.25) is 10.1 Å². The highest BCUT2D eigenvalue weighted by atomic mass is 19.1. The van der Waals surface area contributed by atoms with E-state index in [4.69, 9.17) is 0 Å². The fourth-order valence-electron chi connectivity index (χ4n) is 2.33. The molecule has 17 heavy (non-hydrogen) atoms. The van der Waals surface area contributed by atoms with Gasteiger partial charge in [-0.25, -0.2) is 4.39 Å². The zero-order chi connectivity index (χ0) is 12.4. The van der Waals surface area contributed by atoms with Crippen LogP contribution in [0.2, 0.25) is 0 Å². The van der Waals surface area contributed by atoms with Gasteiger partial charge in [-0.2, -0.15) is 0 Å². The van der Waals surface area contributed by atoms with Crippen molar-refractivity contribution in [3.05, 3.63) is 35.1 Å². The molecule has 2 atom stereocenters. The van der Waals surface area contributed by atoms with E-state index in [2.05, 4.69) is 10.1 Å². The molecule has 0 spiro atoms. The predicted octanol–water partition coefficient (Wildman–Crippen LogP) is 1.96. The third kappa shape index (κ3) is 2.31. The second-order valence-electron chi connectivity index (χ2n) is 4.31. The lowest BCUT2D eigenvalue weighted by Gasteiger charge is -2.18. The van der Waals surface area contributed by atoms with Gasteiger partial charge in [0.2, 0.25) is 0 Å². The van der Waals surface area contributed by atoms with E-state index in [1.807, 2.05) is 6.07 Å². The molecule has 3 nitrogen and oxygen atoms in total. The molecule has 0 saturated heterocycles. The van der Waals surface area contributed by atoms with Crippen LogP contribution >= 0.6 is 0 Å². The Kier molecular flexibility index (Phi) is 3.43. The first-order valence-corrected chi connectivity index (χ1v) is 5.74. The Morgan fingerprint density at radius 3 is 3.06 bits per heavy atom. The molecule has 4 heteroatoms. The zero-order valence-corrected chi connectivity index (χ0v) is 10.00. The highest BCUT2D eigenvalue weighted by Crippen LogP contribution is 2.32. The summed E-state index contributed by atoms with van der Waals surface area (Å²) in [6.45, 7) is 1.75. The van der Waals surface area contributed by atoms with E-state index < -0.39 is 0 Å². The number of methoxy groups -OCH3 is 1. The molecule has 92 valence electrons. The van der Waals surface area contributed by atoms with Gasteiger partial charge in [0, 0.05) is 6.04 Å². The van der Waals surface area contributed by atoms with E-state index in [1.54, 1.807) is 13.0 Å². The Labute approximate surface area is 100.0 Å². The van der Waals surface area contributed by atoms with Crippen molar-refractivity contribution >= 4 is 5.97 Å². The molecule has 0 bridgehead atoms. The minimum absolute atomic E-state index is 0.0369. The summed E-state index contributed by atoms with van der Waals surface area (Å²) in [5, 5.41) is 3.17. The SMILES string of the molecule is COC(=O)C(C)NC1CCc2c(F)cccc21. The molecule has 0 saturated carbocycles. The van der Waals surface area contributed by atoms with Crippen LogP contribution in [-0.2, 0) is 16.0 Å². The van der Waals surface area contributed by atoms with Gasteiger partial charge >= 0.3 is 5.97 Å². The van der Waals surface area contributed by atoms with Crippen LogP contribution in [0, 0.1) is 5.82 Å². The summed E-state index contributed by atoms with van der Waals surface area (Å²) in [6.07, 6.45) is 1.53. The fraction of sp³-hybridized carbons (Fsp3) is 0.462. The number of hydrogen-bond acceptors (Lipinski definition) is 3. The summed E-state index contributed by atoms with van der Waals surface area (Å²) >= 11 is 0. The van der Waals surface area contributed by atoms with Crippen LogP contribution < -0.4 is 5.32 Å². The van der Waals surface area contributed by atoms with Crippen LogP contribution in [0.15, 0.2) is 18.2 Å². The topological polar surface area (TPSA) is 38.3 Å². The normalized spacial score (nSPS) is 19.8. The number of rotatable bonds is 3. The molecule has 1 aromatic rings. The van der Waals surface area contributed by atoms with Crippen molar-refractivity contribution in [2.24, 2.45) is 0 Å². The minimum atomic E-state index is -0.376. The van der Waals surface area contributed by atoms with Crippen LogP contribution in [0.3, 0.4) is 0 Å². The molecule has 1 N–H and O–H groups in total. The molecule has 1 aliphatic rings. The second kappa shape index (κ2) is 4.84. The molecule has 0 aliphatic heterocycles. The Morgan fingerprint density at radius 1 is 1.59 bits per heavy atom. The largest absolute Gasteiger partial charge is 0.468 e. The zero-order valence-electron chi connectivity index (χ0n) is 10.00. The Hall–Kier alpha value is -1.42. The lowest BCUT2D eigenvalue weighted by atomic mass is 10.1. The van der Waals surface area contributed by atoms with E-state index in [-0.39, 0.29) is 23.9 Å². The maximum Gasteiger partial charge on any atom is 0.322 e. The molecule has 2 unspecified atom stereocenters. The quantitative estimate of drug-likeness (QED) is 0.817. The van der Waals surface area contributed by atoms with Crippen molar-refractivity contribution in [3.8, 4) is 0 Å². The third-order valence-corrected chi connectivity index (χ3v) is 3.22. The molecule has 0 amide bonds. The van der Waals surface area contributed by atoms with E-state index in [1.165, 1.54) is 13.2 Å². The van der Waals surface area contributed by atoms with E-state index in [9.17, 15) is 9.18 Å².